The van der Waals surface area contributed by atoms with Crippen LogP contribution in [0.2, 0.25) is 0 Å². The molecule has 3 aromatic rings. The number of aryl methyl sites for hydroxylation is 1. The van der Waals surface area contributed by atoms with E-state index in [4.69, 9.17) is 0 Å². The molecule has 0 radical (unpaired) electrons. The standard InChI is InChI=1S/C16H16N4S/c1-11-7-9-13(10-8-11)17-12(2)19-20-16-18-14-5-3-4-6-15(14)21-16/h3-10H,1-2H3,(H,17,19)(H,18,20). The van der Waals surface area contributed by atoms with Crippen LogP contribution >= 0.6 is 11.3 Å². The number of fused-ring (bicyclic) bond motifs is 1. The maximum atomic E-state index is 4.49. The van der Waals surface area contributed by atoms with Crippen molar-refractivity contribution in [3.05, 3.63) is 54.1 Å². The number of amidine groups is 1. The molecule has 0 amide bonds. The fourth-order valence-electron chi connectivity index (χ4n) is 1.91. The van der Waals surface area contributed by atoms with E-state index in [0.717, 1.165) is 26.9 Å². The first-order valence-electron chi connectivity index (χ1n) is 6.70. The smallest absolute Gasteiger partial charge is 0.202 e. The number of hydrogen-bond acceptors (Lipinski definition) is 4. The van der Waals surface area contributed by atoms with E-state index in [9.17, 15) is 0 Å². The third-order valence-electron chi connectivity index (χ3n) is 2.97. The topological polar surface area (TPSA) is 49.3 Å². The lowest BCUT2D eigenvalue weighted by Crippen LogP contribution is -2.26. The zero-order valence-corrected chi connectivity index (χ0v) is 12.7. The molecule has 0 aliphatic rings. The number of benzene rings is 2. The minimum Gasteiger partial charge on any atom is -0.286 e. The van der Waals surface area contributed by atoms with Gasteiger partial charge in [-0.2, -0.15) is 0 Å². The summed E-state index contributed by atoms with van der Waals surface area (Å²) in [4.78, 5) is 8.98. The fraction of sp³-hybridized carbons (Fsp3) is 0.125. The Bertz CT molecular complexity index is 741. The molecule has 0 aliphatic heterocycles. The number of rotatable bonds is 3. The molecule has 0 fully saturated rings. The SMILES string of the molecule is CC(=Nc1ccc(C)cc1)NNc1nc2ccccc2s1. The maximum Gasteiger partial charge on any atom is 0.202 e. The van der Waals surface area contributed by atoms with Crippen LogP contribution in [0.4, 0.5) is 10.8 Å². The third-order valence-corrected chi connectivity index (χ3v) is 3.93. The van der Waals surface area contributed by atoms with Crippen molar-refractivity contribution in [3.8, 4) is 0 Å². The predicted octanol–water partition coefficient (Wildman–Crippen LogP) is 4.27. The Balaban J connectivity index is 1.67. The predicted molar refractivity (Wildman–Crippen MR) is 90.3 cm³/mol. The van der Waals surface area contributed by atoms with Crippen LogP contribution in [-0.2, 0) is 0 Å². The van der Waals surface area contributed by atoms with Crippen LogP contribution in [0.15, 0.2) is 53.5 Å². The Morgan fingerprint density at radius 1 is 1.10 bits per heavy atom. The summed E-state index contributed by atoms with van der Waals surface area (Å²) in [6.07, 6.45) is 0. The maximum absolute atomic E-state index is 4.49. The van der Waals surface area contributed by atoms with Gasteiger partial charge in [-0.25, -0.2) is 9.98 Å². The van der Waals surface area contributed by atoms with Gasteiger partial charge < -0.3 is 0 Å². The van der Waals surface area contributed by atoms with Gasteiger partial charge in [0.15, 0.2) is 0 Å². The molecule has 0 spiro atoms. The van der Waals surface area contributed by atoms with Crippen molar-refractivity contribution in [1.82, 2.24) is 10.4 Å². The Kier molecular flexibility index (Phi) is 3.83. The molecule has 5 heteroatoms. The number of thiazole rings is 1. The highest BCUT2D eigenvalue weighted by atomic mass is 32.1. The summed E-state index contributed by atoms with van der Waals surface area (Å²) in [6, 6.07) is 16.2. The molecule has 4 nitrogen and oxygen atoms in total. The van der Waals surface area contributed by atoms with Gasteiger partial charge in [0.05, 0.1) is 15.9 Å². The monoisotopic (exact) mass is 296 g/mol. The van der Waals surface area contributed by atoms with Crippen molar-refractivity contribution >= 4 is 38.2 Å². The summed E-state index contributed by atoms with van der Waals surface area (Å²) in [7, 11) is 0. The number of para-hydroxylation sites is 1. The summed E-state index contributed by atoms with van der Waals surface area (Å²) in [5.74, 6) is 0.790. The minimum atomic E-state index is 0.790. The van der Waals surface area contributed by atoms with Crippen LogP contribution in [-0.4, -0.2) is 10.8 Å². The van der Waals surface area contributed by atoms with Crippen LogP contribution in [0.5, 0.6) is 0 Å². The van der Waals surface area contributed by atoms with E-state index < -0.39 is 0 Å². The molecule has 0 atom stereocenters. The first-order valence-corrected chi connectivity index (χ1v) is 7.52. The minimum absolute atomic E-state index is 0.790. The highest BCUT2D eigenvalue weighted by molar-refractivity contribution is 7.22. The van der Waals surface area contributed by atoms with Gasteiger partial charge in [-0.15, -0.1) is 0 Å². The molecule has 1 heterocycles. The molecule has 0 saturated carbocycles. The summed E-state index contributed by atoms with van der Waals surface area (Å²) in [5, 5.41) is 0.828. The van der Waals surface area contributed by atoms with Gasteiger partial charge >= 0.3 is 0 Å². The summed E-state index contributed by atoms with van der Waals surface area (Å²) in [5.41, 5.74) is 9.32. The first kappa shape index (κ1) is 13.6. The fourth-order valence-corrected chi connectivity index (χ4v) is 2.73. The molecule has 0 aliphatic carbocycles. The highest BCUT2D eigenvalue weighted by Crippen LogP contribution is 2.24. The van der Waals surface area contributed by atoms with E-state index in [-0.39, 0.29) is 0 Å². The summed E-state index contributed by atoms with van der Waals surface area (Å²) >= 11 is 1.61. The molecule has 2 aromatic carbocycles. The number of anilines is 1. The zero-order chi connectivity index (χ0) is 14.7. The van der Waals surface area contributed by atoms with Gasteiger partial charge in [0.2, 0.25) is 5.13 Å². The summed E-state index contributed by atoms with van der Waals surface area (Å²) in [6.45, 7) is 3.98. The summed E-state index contributed by atoms with van der Waals surface area (Å²) < 4.78 is 1.16. The number of nitrogens with zero attached hydrogens (tertiary/aromatic N) is 2. The van der Waals surface area contributed by atoms with E-state index in [1.807, 2.05) is 49.4 Å². The second kappa shape index (κ2) is 5.93. The van der Waals surface area contributed by atoms with Crippen molar-refractivity contribution in [2.24, 2.45) is 4.99 Å². The van der Waals surface area contributed by atoms with E-state index in [1.165, 1.54) is 5.56 Å². The molecule has 0 saturated heterocycles. The molecule has 106 valence electrons. The number of hydrazine groups is 1. The lowest BCUT2D eigenvalue weighted by atomic mass is 10.2. The number of hydrogen-bond donors (Lipinski definition) is 2. The second-order valence-electron chi connectivity index (χ2n) is 4.77. The van der Waals surface area contributed by atoms with Gasteiger partial charge in [0.1, 0.15) is 5.84 Å². The average Bonchev–Trinajstić information content (AvgIpc) is 2.90. The Morgan fingerprint density at radius 2 is 1.86 bits per heavy atom. The molecule has 0 bridgehead atoms. The van der Waals surface area contributed by atoms with Crippen LogP contribution < -0.4 is 10.9 Å². The molecular formula is C16H16N4S. The van der Waals surface area contributed by atoms with Crippen LogP contribution in [0.3, 0.4) is 0 Å². The van der Waals surface area contributed by atoms with E-state index in [0.29, 0.717) is 0 Å². The van der Waals surface area contributed by atoms with Gasteiger partial charge in [-0.05, 0) is 38.1 Å². The Labute approximate surface area is 127 Å². The second-order valence-corrected chi connectivity index (χ2v) is 5.80. The molecule has 1 aromatic heterocycles. The van der Waals surface area contributed by atoms with Gasteiger partial charge in [-0.1, -0.05) is 41.2 Å². The van der Waals surface area contributed by atoms with Crippen molar-refractivity contribution in [2.75, 3.05) is 5.43 Å². The van der Waals surface area contributed by atoms with E-state index in [1.54, 1.807) is 11.3 Å². The van der Waals surface area contributed by atoms with Crippen LogP contribution in [0, 0.1) is 6.92 Å². The van der Waals surface area contributed by atoms with Crippen molar-refractivity contribution in [2.45, 2.75) is 13.8 Å². The van der Waals surface area contributed by atoms with Crippen molar-refractivity contribution in [1.29, 1.82) is 0 Å². The molecule has 21 heavy (non-hydrogen) atoms. The van der Waals surface area contributed by atoms with Gasteiger partial charge in [0, 0.05) is 0 Å². The quantitative estimate of drug-likeness (QED) is 0.431. The Morgan fingerprint density at radius 3 is 2.62 bits per heavy atom. The van der Waals surface area contributed by atoms with Crippen molar-refractivity contribution in [3.63, 3.8) is 0 Å². The molecule has 0 unspecified atom stereocenters. The molecule has 3 rings (SSSR count). The molecule has 2 N–H and O–H groups in total. The highest BCUT2D eigenvalue weighted by Gasteiger charge is 2.02. The lowest BCUT2D eigenvalue weighted by molar-refractivity contribution is 1.09. The van der Waals surface area contributed by atoms with Crippen LogP contribution in [0.25, 0.3) is 10.2 Å². The van der Waals surface area contributed by atoms with Crippen molar-refractivity contribution < 1.29 is 0 Å². The van der Waals surface area contributed by atoms with E-state index >= 15 is 0 Å². The van der Waals surface area contributed by atoms with Crippen LogP contribution in [0.1, 0.15) is 12.5 Å². The van der Waals surface area contributed by atoms with E-state index in [2.05, 4.69) is 33.8 Å². The van der Waals surface area contributed by atoms with Gasteiger partial charge in [0.25, 0.3) is 0 Å². The zero-order valence-electron chi connectivity index (χ0n) is 11.9. The third kappa shape index (κ3) is 3.38. The Hall–Kier alpha value is -2.40. The normalized spacial score (nSPS) is 11.6. The number of nitrogens with one attached hydrogen (secondary N) is 2. The lowest BCUT2D eigenvalue weighted by Gasteiger charge is -2.05. The largest absolute Gasteiger partial charge is 0.286 e. The van der Waals surface area contributed by atoms with Gasteiger partial charge in [-0.3, -0.25) is 10.9 Å². The average molecular weight is 296 g/mol. The number of aliphatic imine (C=N–C) groups is 1. The molecular weight excluding hydrogens is 280 g/mol. The number of aromatic nitrogens is 1. The first-order chi connectivity index (χ1) is 10.2.